The molecule has 0 aliphatic carbocycles. The molecule has 0 bridgehead atoms. The molecule has 3 nitrogen and oxygen atoms in total. The normalized spacial score (nSPS) is 18.7. The van der Waals surface area contributed by atoms with Gasteiger partial charge >= 0.3 is 7.60 Å². The summed E-state index contributed by atoms with van der Waals surface area (Å²) in [6.07, 6.45) is 4.16. The zero-order chi connectivity index (χ0) is 9.61. The molecule has 0 saturated carbocycles. The lowest BCUT2D eigenvalue weighted by atomic mass is 10.1. The van der Waals surface area contributed by atoms with Crippen LogP contribution in [0.1, 0.15) is 39.5 Å². The predicted octanol–water partition coefficient (Wildman–Crippen LogP) is 2.79. The molecular formula is C8H19O3P. The summed E-state index contributed by atoms with van der Waals surface area (Å²) < 4.78 is 15.7. The van der Waals surface area contributed by atoms with Crippen LogP contribution < -0.4 is 0 Å². The van der Waals surface area contributed by atoms with Gasteiger partial charge in [0, 0.05) is 6.66 Å². The summed E-state index contributed by atoms with van der Waals surface area (Å²) in [6.45, 7) is 5.19. The first kappa shape index (κ1) is 12.2. The summed E-state index contributed by atoms with van der Waals surface area (Å²) in [5.74, 6) is 0. The molecule has 2 atom stereocenters. The molecule has 0 fully saturated rings. The topological polar surface area (TPSA) is 46.5 Å². The Hall–Kier alpha value is 0.150. The van der Waals surface area contributed by atoms with Crippen LogP contribution in [0, 0.1) is 0 Å². The third kappa shape index (κ3) is 8.25. The maximum Gasteiger partial charge on any atom is 0.325 e. The molecule has 2 unspecified atom stereocenters. The van der Waals surface area contributed by atoms with E-state index in [-0.39, 0.29) is 6.10 Å². The number of rotatable bonds is 6. The van der Waals surface area contributed by atoms with Crippen LogP contribution in [0.5, 0.6) is 0 Å². The van der Waals surface area contributed by atoms with E-state index in [0.717, 1.165) is 25.7 Å². The second kappa shape index (κ2) is 5.74. The molecule has 0 aliphatic rings. The first-order valence-electron chi connectivity index (χ1n) is 4.44. The Balaban J connectivity index is 3.46. The minimum atomic E-state index is -3.27. The van der Waals surface area contributed by atoms with E-state index in [9.17, 15) is 4.57 Å². The predicted molar refractivity (Wildman–Crippen MR) is 50.4 cm³/mol. The highest BCUT2D eigenvalue weighted by Gasteiger charge is 2.14. The van der Waals surface area contributed by atoms with Gasteiger partial charge in [-0.15, -0.1) is 0 Å². The Bertz CT molecular complexity index is 152. The molecule has 0 rings (SSSR count). The Morgan fingerprint density at radius 2 is 2.08 bits per heavy atom. The largest absolute Gasteiger partial charge is 0.325 e. The summed E-state index contributed by atoms with van der Waals surface area (Å²) in [6, 6.07) is 0. The summed E-state index contributed by atoms with van der Waals surface area (Å²) in [7, 11) is -3.27. The van der Waals surface area contributed by atoms with Crippen LogP contribution >= 0.6 is 7.60 Å². The smallest absolute Gasteiger partial charge is 0.324 e. The first-order valence-corrected chi connectivity index (χ1v) is 6.47. The van der Waals surface area contributed by atoms with Crippen molar-refractivity contribution in [3.8, 4) is 0 Å². The Labute approximate surface area is 74.7 Å². The molecule has 0 aromatic carbocycles. The van der Waals surface area contributed by atoms with Gasteiger partial charge in [0.2, 0.25) is 0 Å². The van der Waals surface area contributed by atoms with Crippen molar-refractivity contribution >= 4 is 7.60 Å². The van der Waals surface area contributed by atoms with Crippen LogP contribution in [0.15, 0.2) is 0 Å². The van der Waals surface area contributed by atoms with Crippen molar-refractivity contribution in [3.05, 3.63) is 0 Å². The van der Waals surface area contributed by atoms with E-state index in [1.165, 1.54) is 6.66 Å². The molecule has 12 heavy (non-hydrogen) atoms. The van der Waals surface area contributed by atoms with E-state index >= 15 is 0 Å². The van der Waals surface area contributed by atoms with Crippen molar-refractivity contribution in [2.75, 3.05) is 6.66 Å². The van der Waals surface area contributed by atoms with Crippen molar-refractivity contribution in [2.24, 2.45) is 0 Å². The summed E-state index contributed by atoms with van der Waals surface area (Å²) in [5, 5.41) is 0. The molecule has 4 heteroatoms. The zero-order valence-corrected chi connectivity index (χ0v) is 9.01. The molecular weight excluding hydrogens is 175 g/mol. The van der Waals surface area contributed by atoms with Gasteiger partial charge in [-0.05, 0) is 13.3 Å². The van der Waals surface area contributed by atoms with E-state index in [0.29, 0.717) is 0 Å². The van der Waals surface area contributed by atoms with Crippen molar-refractivity contribution < 1.29 is 14.0 Å². The maximum atomic E-state index is 10.8. The first-order chi connectivity index (χ1) is 5.45. The van der Waals surface area contributed by atoms with Gasteiger partial charge in [0.1, 0.15) is 0 Å². The summed E-state index contributed by atoms with van der Waals surface area (Å²) in [5.41, 5.74) is 0. The summed E-state index contributed by atoms with van der Waals surface area (Å²) >= 11 is 0. The Morgan fingerprint density at radius 3 is 2.50 bits per heavy atom. The van der Waals surface area contributed by atoms with Gasteiger partial charge in [-0.3, -0.25) is 4.57 Å². The Morgan fingerprint density at radius 1 is 1.50 bits per heavy atom. The third-order valence-corrected chi connectivity index (χ3v) is 2.34. The molecule has 0 spiro atoms. The highest BCUT2D eigenvalue weighted by Crippen LogP contribution is 2.38. The molecule has 0 aromatic heterocycles. The number of unbranched alkanes of at least 4 members (excludes halogenated alkanes) is 2. The van der Waals surface area contributed by atoms with Gasteiger partial charge in [0.15, 0.2) is 0 Å². The molecule has 0 aliphatic heterocycles. The van der Waals surface area contributed by atoms with Crippen LogP contribution in [-0.2, 0) is 9.09 Å². The zero-order valence-electron chi connectivity index (χ0n) is 8.12. The maximum absolute atomic E-state index is 10.8. The Kier molecular flexibility index (Phi) is 5.81. The third-order valence-electron chi connectivity index (χ3n) is 1.59. The lowest BCUT2D eigenvalue weighted by molar-refractivity contribution is 0.181. The second-order valence-electron chi connectivity index (χ2n) is 3.21. The van der Waals surface area contributed by atoms with Crippen molar-refractivity contribution in [1.29, 1.82) is 0 Å². The van der Waals surface area contributed by atoms with Crippen LogP contribution in [-0.4, -0.2) is 17.7 Å². The van der Waals surface area contributed by atoms with Crippen LogP contribution in [0.3, 0.4) is 0 Å². The van der Waals surface area contributed by atoms with E-state index in [1.807, 2.05) is 6.92 Å². The van der Waals surface area contributed by atoms with Crippen LogP contribution in [0.25, 0.3) is 0 Å². The molecule has 74 valence electrons. The quantitative estimate of drug-likeness (QED) is 0.522. The van der Waals surface area contributed by atoms with E-state index in [2.05, 4.69) is 6.92 Å². The highest BCUT2D eigenvalue weighted by atomic mass is 31.2. The van der Waals surface area contributed by atoms with Gasteiger partial charge in [-0.25, -0.2) is 0 Å². The molecule has 0 radical (unpaired) electrons. The monoisotopic (exact) mass is 194 g/mol. The van der Waals surface area contributed by atoms with E-state index < -0.39 is 7.60 Å². The van der Waals surface area contributed by atoms with Gasteiger partial charge in [-0.1, -0.05) is 26.2 Å². The van der Waals surface area contributed by atoms with Gasteiger partial charge in [0.25, 0.3) is 0 Å². The second-order valence-corrected chi connectivity index (χ2v) is 5.03. The molecule has 0 amide bonds. The minimum absolute atomic E-state index is 0.0996. The number of hydrogen-bond donors (Lipinski definition) is 1. The fourth-order valence-electron chi connectivity index (χ4n) is 1.07. The van der Waals surface area contributed by atoms with Crippen LogP contribution in [0.4, 0.5) is 0 Å². The number of hydrogen-bond acceptors (Lipinski definition) is 2. The van der Waals surface area contributed by atoms with Crippen molar-refractivity contribution in [3.63, 3.8) is 0 Å². The molecule has 0 saturated heterocycles. The standard InChI is InChI=1S/C8H19O3P/c1-4-5-6-7-8(2)11-12(3,9)10/h8H,4-7H2,1-3H3,(H,9,10). The SMILES string of the molecule is CCCCCC(C)OP(C)(=O)O. The lowest BCUT2D eigenvalue weighted by Crippen LogP contribution is -2.05. The van der Waals surface area contributed by atoms with Gasteiger partial charge < -0.3 is 9.42 Å². The molecule has 0 heterocycles. The van der Waals surface area contributed by atoms with E-state index in [4.69, 9.17) is 9.42 Å². The average Bonchev–Trinajstić information content (AvgIpc) is 1.84. The fraction of sp³-hybridized carbons (Fsp3) is 1.00. The lowest BCUT2D eigenvalue weighted by Gasteiger charge is -2.14. The average molecular weight is 194 g/mol. The molecule has 1 N–H and O–H groups in total. The minimum Gasteiger partial charge on any atom is -0.324 e. The van der Waals surface area contributed by atoms with Crippen molar-refractivity contribution in [1.82, 2.24) is 0 Å². The van der Waals surface area contributed by atoms with Crippen molar-refractivity contribution in [2.45, 2.75) is 45.6 Å². The van der Waals surface area contributed by atoms with Gasteiger partial charge in [0.05, 0.1) is 6.10 Å². The fourth-order valence-corrected chi connectivity index (χ4v) is 1.84. The van der Waals surface area contributed by atoms with E-state index in [1.54, 1.807) is 0 Å². The summed E-state index contributed by atoms with van der Waals surface area (Å²) in [4.78, 5) is 8.88. The molecule has 0 aromatic rings. The van der Waals surface area contributed by atoms with Gasteiger partial charge in [-0.2, -0.15) is 0 Å². The highest BCUT2D eigenvalue weighted by molar-refractivity contribution is 7.51. The van der Waals surface area contributed by atoms with Crippen LogP contribution in [0.2, 0.25) is 0 Å².